The van der Waals surface area contributed by atoms with Crippen LogP contribution < -0.4 is 14.2 Å². The zero-order valence-electron chi connectivity index (χ0n) is 12.8. The van der Waals surface area contributed by atoms with E-state index in [0.717, 1.165) is 5.56 Å². The average Bonchev–Trinajstić information content (AvgIpc) is 2.54. The molecule has 1 N–H and O–H groups in total. The maximum absolute atomic E-state index is 11.6. The summed E-state index contributed by atoms with van der Waals surface area (Å²) in [6, 6.07) is 11.0. The van der Waals surface area contributed by atoms with E-state index in [1.807, 2.05) is 30.3 Å². The summed E-state index contributed by atoms with van der Waals surface area (Å²) < 4.78 is 15.9. The van der Waals surface area contributed by atoms with Crippen LogP contribution in [0.2, 0.25) is 0 Å². The van der Waals surface area contributed by atoms with Crippen LogP contribution in [0.5, 0.6) is 17.2 Å². The topological polar surface area (TPSA) is 65.0 Å². The van der Waals surface area contributed by atoms with E-state index in [4.69, 9.17) is 14.2 Å². The molecule has 2 rings (SSSR count). The maximum Gasteiger partial charge on any atom is 0.336 e. The van der Waals surface area contributed by atoms with Crippen molar-refractivity contribution in [3.05, 3.63) is 53.1 Å². The first-order valence-corrected chi connectivity index (χ1v) is 6.71. The Morgan fingerprint density at radius 3 is 2.14 bits per heavy atom. The molecule has 0 aliphatic carbocycles. The summed E-state index contributed by atoms with van der Waals surface area (Å²) in [6.07, 6.45) is 0.423. The van der Waals surface area contributed by atoms with E-state index in [-0.39, 0.29) is 5.56 Å². The summed E-state index contributed by atoms with van der Waals surface area (Å²) in [4.78, 5) is 11.6. The van der Waals surface area contributed by atoms with Gasteiger partial charge in [-0.1, -0.05) is 30.3 Å². The van der Waals surface area contributed by atoms with Crippen molar-refractivity contribution in [3.63, 3.8) is 0 Å². The second-order valence-corrected chi connectivity index (χ2v) is 4.64. The molecule has 0 bridgehead atoms. The molecule has 0 atom stereocenters. The first-order valence-electron chi connectivity index (χ1n) is 6.71. The van der Waals surface area contributed by atoms with Crippen LogP contribution in [0.4, 0.5) is 0 Å². The molecule has 0 amide bonds. The van der Waals surface area contributed by atoms with E-state index in [1.165, 1.54) is 27.4 Å². The van der Waals surface area contributed by atoms with Gasteiger partial charge in [-0.05, 0) is 11.6 Å². The Labute approximate surface area is 129 Å². The first-order chi connectivity index (χ1) is 10.6. The molecule has 0 aliphatic rings. The Morgan fingerprint density at radius 2 is 1.64 bits per heavy atom. The van der Waals surface area contributed by atoms with Crippen LogP contribution >= 0.6 is 0 Å². The molecule has 0 fully saturated rings. The molecule has 2 aromatic rings. The second kappa shape index (κ2) is 6.85. The molecule has 22 heavy (non-hydrogen) atoms. The Bertz CT molecular complexity index is 664. The van der Waals surface area contributed by atoms with Gasteiger partial charge in [0, 0.05) is 12.0 Å². The zero-order chi connectivity index (χ0) is 16.1. The number of carboxylic acid groups (broad SMARTS) is 1. The van der Waals surface area contributed by atoms with Gasteiger partial charge in [-0.2, -0.15) is 0 Å². The Hall–Kier alpha value is -2.69. The van der Waals surface area contributed by atoms with Crippen molar-refractivity contribution in [2.24, 2.45) is 0 Å². The van der Waals surface area contributed by atoms with Crippen molar-refractivity contribution in [2.45, 2.75) is 6.42 Å². The number of carboxylic acids is 1. The summed E-state index contributed by atoms with van der Waals surface area (Å²) in [5, 5.41) is 9.50. The minimum Gasteiger partial charge on any atom is -0.493 e. The highest BCUT2D eigenvalue weighted by Crippen LogP contribution is 2.42. The first kappa shape index (κ1) is 15.7. The van der Waals surface area contributed by atoms with Crippen molar-refractivity contribution >= 4 is 5.97 Å². The van der Waals surface area contributed by atoms with Crippen molar-refractivity contribution in [1.82, 2.24) is 0 Å². The molecule has 116 valence electrons. The Morgan fingerprint density at radius 1 is 1.00 bits per heavy atom. The van der Waals surface area contributed by atoms with E-state index in [2.05, 4.69) is 0 Å². The molecule has 0 saturated heterocycles. The van der Waals surface area contributed by atoms with Crippen LogP contribution in [-0.2, 0) is 6.42 Å². The summed E-state index contributed by atoms with van der Waals surface area (Å²) >= 11 is 0. The fraction of sp³-hybridized carbons (Fsp3) is 0.235. The highest BCUT2D eigenvalue weighted by atomic mass is 16.5. The van der Waals surface area contributed by atoms with Gasteiger partial charge in [0.15, 0.2) is 11.5 Å². The molecule has 0 unspecified atom stereocenters. The van der Waals surface area contributed by atoms with Crippen molar-refractivity contribution in [2.75, 3.05) is 21.3 Å². The van der Waals surface area contributed by atoms with Gasteiger partial charge in [-0.15, -0.1) is 0 Å². The van der Waals surface area contributed by atoms with Crippen LogP contribution in [0, 0.1) is 0 Å². The quantitative estimate of drug-likeness (QED) is 0.888. The van der Waals surface area contributed by atoms with E-state index < -0.39 is 5.97 Å². The lowest BCUT2D eigenvalue weighted by molar-refractivity contribution is 0.0694. The van der Waals surface area contributed by atoms with Crippen molar-refractivity contribution < 1.29 is 24.1 Å². The molecular weight excluding hydrogens is 284 g/mol. The number of hydrogen-bond acceptors (Lipinski definition) is 4. The van der Waals surface area contributed by atoms with Gasteiger partial charge in [-0.25, -0.2) is 4.79 Å². The smallest absolute Gasteiger partial charge is 0.336 e. The normalized spacial score (nSPS) is 10.1. The van der Waals surface area contributed by atoms with E-state index in [9.17, 15) is 9.90 Å². The lowest BCUT2D eigenvalue weighted by atomic mass is 9.97. The molecule has 0 radical (unpaired) electrons. The van der Waals surface area contributed by atoms with Gasteiger partial charge < -0.3 is 19.3 Å². The number of carbonyl (C=O) groups is 1. The lowest BCUT2D eigenvalue weighted by Gasteiger charge is -2.18. The third-order valence-electron chi connectivity index (χ3n) is 3.39. The average molecular weight is 302 g/mol. The van der Waals surface area contributed by atoms with Crippen LogP contribution in [0.25, 0.3) is 0 Å². The molecule has 0 spiro atoms. The Balaban J connectivity index is 2.65. The molecule has 2 aromatic carbocycles. The van der Waals surface area contributed by atoms with Crippen LogP contribution in [0.15, 0.2) is 36.4 Å². The molecule has 5 heteroatoms. The van der Waals surface area contributed by atoms with E-state index in [1.54, 1.807) is 0 Å². The van der Waals surface area contributed by atoms with Gasteiger partial charge in [0.2, 0.25) is 5.75 Å². The molecule has 5 nitrogen and oxygen atoms in total. The van der Waals surface area contributed by atoms with Crippen LogP contribution in [-0.4, -0.2) is 32.4 Å². The van der Waals surface area contributed by atoms with Crippen molar-refractivity contribution in [3.8, 4) is 17.2 Å². The van der Waals surface area contributed by atoms with Crippen LogP contribution in [0.3, 0.4) is 0 Å². The largest absolute Gasteiger partial charge is 0.493 e. The fourth-order valence-corrected chi connectivity index (χ4v) is 2.38. The summed E-state index contributed by atoms with van der Waals surface area (Å²) in [6.45, 7) is 0. The van der Waals surface area contributed by atoms with Crippen LogP contribution in [0.1, 0.15) is 21.5 Å². The van der Waals surface area contributed by atoms with Gasteiger partial charge in [0.05, 0.1) is 26.9 Å². The van der Waals surface area contributed by atoms with E-state index in [0.29, 0.717) is 29.2 Å². The molecule has 0 aromatic heterocycles. The predicted octanol–water partition coefficient (Wildman–Crippen LogP) is 3.00. The molecule has 0 aliphatic heterocycles. The standard InChI is InChI=1S/C17H18O5/c1-20-14-10-13(17(18)19)12(15(21-2)16(14)22-3)9-11-7-5-4-6-8-11/h4-8,10H,9H2,1-3H3,(H,18,19). The number of hydrogen-bond donors (Lipinski definition) is 1. The monoisotopic (exact) mass is 302 g/mol. The third kappa shape index (κ3) is 2.98. The van der Waals surface area contributed by atoms with Gasteiger partial charge in [0.1, 0.15) is 0 Å². The highest BCUT2D eigenvalue weighted by molar-refractivity contribution is 5.92. The fourth-order valence-electron chi connectivity index (χ4n) is 2.38. The predicted molar refractivity (Wildman–Crippen MR) is 82.3 cm³/mol. The number of ether oxygens (including phenoxy) is 3. The highest BCUT2D eigenvalue weighted by Gasteiger charge is 2.23. The zero-order valence-corrected chi connectivity index (χ0v) is 12.8. The summed E-state index contributed by atoms with van der Waals surface area (Å²) in [5.74, 6) is 0.0581. The maximum atomic E-state index is 11.6. The SMILES string of the molecule is COc1cc(C(=O)O)c(Cc2ccccc2)c(OC)c1OC. The number of benzene rings is 2. The van der Waals surface area contributed by atoms with Gasteiger partial charge in [-0.3, -0.25) is 0 Å². The third-order valence-corrected chi connectivity index (χ3v) is 3.39. The summed E-state index contributed by atoms with van der Waals surface area (Å²) in [7, 11) is 4.43. The molecular formula is C17H18O5. The summed E-state index contributed by atoms with van der Waals surface area (Å²) in [5.41, 5.74) is 1.67. The van der Waals surface area contributed by atoms with E-state index >= 15 is 0 Å². The van der Waals surface area contributed by atoms with Crippen molar-refractivity contribution in [1.29, 1.82) is 0 Å². The second-order valence-electron chi connectivity index (χ2n) is 4.64. The Kier molecular flexibility index (Phi) is 4.88. The lowest BCUT2D eigenvalue weighted by Crippen LogP contribution is -2.08. The number of rotatable bonds is 6. The van der Waals surface area contributed by atoms with Gasteiger partial charge >= 0.3 is 5.97 Å². The number of methoxy groups -OCH3 is 3. The minimum absolute atomic E-state index is 0.137. The molecule has 0 heterocycles. The minimum atomic E-state index is -1.04. The molecule has 0 saturated carbocycles. The van der Waals surface area contributed by atoms with Gasteiger partial charge in [0.25, 0.3) is 0 Å². The number of aromatic carboxylic acids is 1.